The molecule has 2 aromatic heterocycles. The van der Waals surface area contributed by atoms with E-state index < -0.39 is 6.10 Å². The number of hydrogen-bond acceptors (Lipinski definition) is 5. The van der Waals surface area contributed by atoms with Gasteiger partial charge in [0.05, 0.1) is 12.3 Å². The summed E-state index contributed by atoms with van der Waals surface area (Å²) in [5.41, 5.74) is 0. The van der Waals surface area contributed by atoms with E-state index in [0.717, 1.165) is 5.01 Å². The first kappa shape index (κ1) is 15.5. The van der Waals surface area contributed by atoms with E-state index in [2.05, 4.69) is 15.6 Å². The fourth-order valence-corrected chi connectivity index (χ4v) is 2.61. The van der Waals surface area contributed by atoms with Crippen molar-refractivity contribution in [3.63, 3.8) is 0 Å². The molecule has 0 saturated heterocycles. The smallest absolute Gasteiger partial charge is 0.315 e. The van der Waals surface area contributed by atoms with E-state index in [-0.39, 0.29) is 18.1 Å². The summed E-state index contributed by atoms with van der Waals surface area (Å²) in [6.45, 7) is 3.71. The Kier molecular flexibility index (Phi) is 5.35. The molecule has 3 N–H and O–H groups in total. The predicted octanol–water partition coefficient (Wildman–Crippen LogP) is 2.61. The third kappa shape index (κ3) is 4.57. The largest absolute Gasteiger partial charge is 0.467 e. The predicted molar refractivity (Wildman–Crippen MR) is 79.9 cm³/mol. The van der Waals surface area contributed by atoms with E-state index in [9.17, 15) is 9.90 Å². The maximum Gasteiger partial charge on any atom is 0.315 e. The molecule has 0 saturated carbocycles. The fourth-order valence-electron chi connectivity index (χ4n) is 1.96. The number of nitrogens with zero attached hydrogens (tertiary/aromatic N) is 1. The molecule has 3 atom stereocenters. The average molecular weight is 309 g/mol. The van der Waals surface area contributed by atoms with Crippen molar-refractivity contribution in [1.29, 1.82) is 0 Å². The van der Waals surface area contributed by atoms with Crippen LogP contribution in [0, 0.1) is 0 Å². The number of nitrogens with one attached hydrogen (secondary N) is 2. The highest BCUT2D eigenvalue weighted by molar-refractivity contribution is 7.09. The first-order chi connectivity index (χ1) is 10.1. The molecule has 0 spiro atoms. The van der Waals surface area contributed by atoms with E-state index in [0.29, 0.717) is 12.2 Å². The lowest BCUT2D eigenvalue weighted by atomic mass is 10.1. The number of carbonyl (C=O) groups excluding carboxylic acids is 1. The average Bonchev–Trinajstić information content (AvgIpc) is 3.12. The number of furan rings is 1. The van der Waals surface area contributed by atoms with Crippen LogP contribution in [0.3, 0.4) is 0 Å². The summed E-state index contributed by atoms with van der Waals surface area (Å²) in [6.07, 6.45) is 2.87. The fraction of sp³-hybridized carbons (Fsp3) is 0.429. The van der Waals surface area contributed by atoms with Crippen LogP contribution in [-0.2, 0) is 0 Å². The SMILES string of the molecule is C[C@H](C[C@H](O)c1ccco1)NC(=O)N[C@@H](C)c1nccs1. The van der Waals surface area contributed by atoms with Crippen molar-refractivity contribution in [2.24, 2.45) is 0 Å². The van der Waals surface area contributed by atoms with Crippen LogP contribution >= 0.6 is 11.3 Å². The highest BCUT2D eigenvalue weighted by Gasteiger charge is 2.17. The number of thiazole rings is 1. The molecule has 7 heteroatoms. The standard InChI is InChI=1S/C14H19N3O3S/c1-9(8-11(18)12-4-3-6-20-12)16-14(19)17-10(2)13-15-5-7-21-13/h3-7,9-11,18H,8H2,1-2H3,(H2,16,17,19)/t9-,10+,11+/m1/s1. The zero-order chi connectivity index (χ0) is 15.2. The quantitative estimate of drug-likeness (QED) is 0.765. The number of aromatic nitrogens is 1. The summed E-state index contributed by atoms with van der Waals surface area (Å²) in [7, 11) is 0. The summed E-state index contributed by atoms with van der Waals surface area (Å²) < 4.78 is 5.13. The van der Waals surface area contributed by atoms with Crippen molar-refractivity contribution in [2.75, 3.05) is 0 Å². The number of amides is 2. The van der Waals surface area contributed by atoms with Crippen LogP contribution in [0.4, 0.5) is 4.79 Å². The van der Waals surface area contributed by atoms with Gasteiger partial charge in [-0.3, -0.25) is 0 Å². The molecule has 0 aromatic carbocycles. The molecule has 21 heavy (non-hydrogen) atoms. The molecule has 0 aliphatic carbocycles. The molecule has 2 aromatic rings. The van der Waals surface area contributed by atoms with Gasteiger partial charge in [-0.05, 0) is 26.0 Å². The van der Waals surface area contributed by atoms with Crippen LogP contribution < -0.4 is 10.6 Å². The van der Waals surface area contributed by atoms with Gasteiger partial charge in [-0.25, -0.2) is 9.78 Å². The Balaban J connectivity index is 1.77. The minimum Gasteiger partial charge on any atom is -0.467 e. The first-order valence-corrected chi connectivity index (χ1v) is 7.62. The Labute approximate surface area is 127 Å². The lowest BCUT2D eigenvalue weighted by molar-refractivity contribution is 0.129. The van der Waals surface area contributed by atoms with Gasteiger partial charge in [0.1, 0.15) is 16.9 Å². The minimum atomic E-state index is -0.730. The highest BCUT2D eigenvalue weighted by Crippen LogP contribution is 2.18. The third-order valence-electron chi connectivity index (χ3n) is 3.00. The Morgan fingerprint density at radius 1 is 1.48 bits per heavy atom. The first-order valence-electron chi connectivity index (χ1n) is 6.74. The van der Waals surface area contributed by atoms with Crippen molar-refractivity contribution in [1.82, 2.24) is 15.6 Å². The number of carbonyl (C=O) groups is 1. The van der Waals surface area contributed by atoms with Crippen LogP contribution in [0.5, 0.6) is 0 Å². The van der Waals surface area contributed by atoms with Crippen molar-refractivity contribution in [3.8, 4) is 0 Å². The minimum absolute atomic E-state index is 0.146. The number of rotatable bonds is 6. The normalized spacial score (nSPS) is 15.2. The van der Waals surface area contributed by atoms with Crippen molar-refractivity contribution >= 4 is 17.4 Å². The van der Waals surface area contributed by atoms with E-state index in [1.54, 1.807) is 18.3 Å². The second-order valence-corrected chi connectivity index (χ2v) is 5.80. The molecule has 6 nitrogen and oxygen atoms in total. The van der Waals surface area contributed by atoms with E-state index in [1.165, 1.54) is 17.6 Å². The Bertz CT molecular complexity index is 542. The molecule has 2 amide bonds. The van der Waals surface area contributed by atoms with Crippen molar-refractivity contribution in [2.45, 2.75) is 38.5 Å². The molecule has 2 heterocycles. The molecule has 0 bridgehead atoms. The second kappa shape index (κ2) is 7.24. The summed E-state index contributed by atoms with van der Waals surface area (Å²) in [5.74, 6) is 0.500. The maximum atomic E-state index is 11.9. The molecule has 0 unspecified atom stereocenters. The van der Waals surface area contributed by atoms with Gasteiger partial charge >= 0.3 is 6.03 Å². The maximum absolute atomic E-state index is 11.9. The van der Waals surface area contributed by atoms with E-state index in [1.807, 2.05) is 19.2 Å². The zero-order valence-corrected chi connectivity index (χ0v) is 12.8. The zero-order valence-electron chi connectivity index (χ0n) is 11.9. The summed E-state index contributed by atoms with van der Waals surface area (Å²) >= 11 is 1.49. The van der Waals surface area contributed by atoms with Gasteiger partial charge in [-0.1, -0.05) is 0 Å². The van der Waals surface area contributed by atoms with Crippen molar-refractivity contribution in [3.05, 3.63) is 40.7 Å². The lowest BCUT2D eigenvalue weighted by Crippen LogP contribution is -2.42. The van der Waals surface area contributed by atoms with E-state index >= 15 is 0 Å². The van der Waals surface area contributed by atoms with Gasteiger partial charge in [-0.2, -0.15) is 0 Å². The lowest BCUT2D eigenvalue weighted by Gasteiger charge is -2.18. The van der Waals surface area contributed by atoms with Crippen molar-refractivity contribution < 1.29 is 14.3 Å². The molecule has 0 aliphatic rings. The molecule has 0 fully saturated rings. The number of urea groups is 1. The van der Waals surface area contributed by atoms with E-state index in [4.69, 9.17) is 4.42 Å². The molecule has 0 radical (unpaired) electrons. The van der Waals surface area contributed by atoms with Gasteiger partial charge in [-0.15, -0.1) is 11.3 Å². The van der Waals surface area contributed by atoms with Crippen LogP contribution in [-0.4, -0.2) is 22.2 Å². The summed E-state index contributed by atoms with van der Waals surface area (Å²) in [6, 6.07) is 2.82. The summed E-state index contributed by atoms with van der Waals surface area (Å²) in [5, 5.41) is 18.3. The Hall–Kier alpha value is -1.86. The second-order valence-electron chi connectivity index (χ2n) is 4.88. The number of aliphatic hydroxyl groups is 1. The van der Waals surface area contributed by atoms with Crippen LogP contribution in [0.1, 0.15) is 43.2 Å². The van der Waals surface area contributed by atoms with Gasteiger partial charge in [0.2, 0.25) is 0 Å². The monoisotopic (exact) mass is 309 g/mol. The third-order valence-corrected chi connectivity index (χ3v) is 3.95. The Morgan fingerprint density at radius 2 is 2.29 bits per heavy atom. The topological polar surface area (TPSA) is 87.4 Å². The number of aliphatic hydroxyl groups excluding tert-OH is 1. The molecule has 114 valence electrons. The van der Waals surface area contributed by atoms with Gasteiger partial charge < -0.3 is 20.2 Å². The van der Waals surface area contributed by atoms with Crippen LogP contribution in [0.25, 0.3) is 0 Å². The van der Waals surface area contributed by atoms with Gasteiger partial charge in [0, 0.05) is 24.0 Å². The highest BCUT2D eigenvalue weighted by atomic mass is 32.1. The number of hydrogen-bond donors (Lipinski definition) is 3. The van der Waals surface area contributed by atoms with Crippen LogP contribution in [0.2, 0.25) is 0 Å². The molecular formula is C14H19N3O3S. The molecule has 0 aliphatic heterocycles. The van der Waals surface area contributed by atoms with Crippen LogP contribution in [0.15, 0.2) is 34.4 Å². The molecule has 2 rings (SSSR count). The van der Waals surface area contributed by atoms with Gasteiger partial charge in [0.15, 0.2) is 0 Å². The summed E-state index contributed by atoms with van der Waals surface area (Å²) in [4.78, 5) is 16.0. The Morgan fingerprint density at radius 3 is 2.90 bits per heavy atom. The van der Waals surface area contributed by atoms with Gasteiger partial charge in [0.25, 0.3) is 0 Å². The molecular weight excluding hydrogens is 290 g/mol.